The van der Waals surface area contributed by atoms with E-state index in [-0.39, 0.29) is 34.6 Å². The molecule has 2 bridgehead atoms. The molecule has 4 atom stereocenters. The third-order valence-corrected chi connectivity index (χ3v) is 4.90. The molecule has 0 spiro atoms. The zero-order valence-electron chi connectivity index (χ0n) is 10.7. The van der Waals surface area contributed by atoms with Gasteiger partial charge in [0, 0.05) is 10.8 Å². The normalized spacial score (nSPS) is 44.3. The summed E-state index contributed by atoms with van der Waals surface area (Å²) in [5, 5.41) is 9.24. The fourth-order valence-electron chi connectivity index (χ4n) is 4.24. The lowest BCUT2D eigenvalue weighted by Crippen LogP contribution is -2.38. The summed E-state index contributed by atoms with van der Waals surface area (Å²) in [5.74, 6) is -1.34. The van der Waals surface area contributed by atoms with Crippen LogP contribution in [0.1, 0.15) is 26.7 Å². The second kappa shape index (κ2) is 3.37. The summed E-state index contributed by atoms with van der Waals surface area (Å²) >= 11 is 0. The molecule has 1 saturated heterocycles. The summed E-state index contributed by atoms with van der Waals surface area (Å²) < 4.78 is 5.21. The second-order valence-corrected chi connectivity index (χ2v) is 6.64. The van der Waals surface area contributed by atoms with Crippen LogP contribution in [0.15, 0.2) is 12.2 Å². The van der Waals surface area contributed by atoms with Gasteiger partial charge < -0.3 is 9.84 Å². The first-order valence-electron chi connectivity index (χ1n) is 6.45. The van der Waals surface area contributed by atoms with Crippen LogP contribution in [-0.4, -0.2) is 23.7 Å². The number of carbonyl (C=O) groups is 2. The van der Waals surface area contributed by atoms with Crippen molar-refractivity contribution in [2.45, 2.75) is 26.7 Å². The van der Waals surface area contributed by atoms with Gasteiger partial charge in [0.25, 0.3) is 0 Å². The maximum Gasteiger partial charge on any atom is 0.310 e. The van der Waals surface area contributed by atoms with E-state index in [1.807, 2.05) is 19.9 Å². The molecule has 0 amide bonds. The summed E-state index contributed by atoms with van der Waals surface area (Å²) in [6, 6.07) is 0. The van der Waals surface area contributed by atoms with Gasteiger partial charge in [-0.1, -0.05) is 26.0 Å². The summed E-state index contributed by atoms with van der Waals surface area (Å²) in [6.07, 6.45) is 5.43. The topological polar surface area (TPSA) is 63.6 Å². The minimum Gasteiger partial charge on any atom is -0.481 e. The van der Waals surface area contributed by atoms with E-state index in [4.69, 9.17) is 4.74 Å². The molecule has 98 valence electrons. The average molecular weight is 250 g/mol. The van der Waals surface area contributed by atoms with Crippen molar-refractivity contribution in [1.29, 1.82) is 0 Å². The fraction of sp³-hybridized carbons (Fsp3) is 0.714. The second-order valence-electron chi connectivity index (χ2n) is 6.64. The van der Waals surface area contributed by atoms with Gasteiger partial charge in [-0.05, 0) is 18.8 Å². The Morgan fingerprint density at radius 2 is 2.17 bits per heavy atom. The van der Waals surface area contributed by atoms with Crippen LogP contribution < -0.4 is 0 Å². The highest BCUT2D eigenvalue weighted by Gasteiger charge is 2.61. The number of ether oxygens (including phenoxy) is 1. The standard InChI is InChI=1S/C14H18O4/c1-13(2)7-18-12(17)10(13)14-4-3-8(5-14)9(6-14)11(15)16/h3-4,8-10H,5-7H2,1-2H3,(H,15,16). The summed E-state index contributed by atoms with van der Waals surface area (Å²) in [7, 11) is 0. The number of cyclic esters (lactones) is 1. The van der Waals surface area contributed by atoms with Crippen LogP contribution in [0.5, 0.6) is 0 Å². The molecule has 18 heavy (non-hydrogen) atoms. The number of rotatable bonds is 2. The van der Waals surface area contributed by atoms with Gasteiger partial charge in [0.1, 0.15) is 0 Å². The van der Waals surface area contributed by atoms with E-state index in [0.29, 0.717) is 13.0 Å². The highest BCUT2D eigenvalue weighted by Crippen LogP contribution is 2.61. The Labute approximate surface area is 106 Å². The highest BCUT2D eigenvalue weighted by molar-refractivity contribution is 5.78. The van der Waals surface area contributed by atoms with Gasteiger partial charge in [-0.15, -0.1) is 0 Å². The smallest absolute Gasteiger partial charge is 0.310 e. The van der Waals surface area contributed by atoms with Gasteiger partial charge in [-0.25, -0.2) is 0 Å². The molecular weight excluding hydrogens is 232 g/mol. The Morgan fingerprint density at radius 1 is 1.44 bits per heavy atom. The minimum atomic E-state index is -0.740. The van der Waals surface area contributed by atoms with Gasteiger partial charge in [-0.2, -0.15) is 0 Å². The van der Waals surface area contributed by atoms with E-state index in [1.165, 1.54) is 0 Å². The van der Waals surface area contributed by atoms with Gasteiger partial charge in [-0.3, -0.25) is 9.59 Å². The fourth-order valence-corrected chi connectivity index (χ4v) is 4.24. The predicted molar refractivity (Wildman–Crippen MR) is 63.7 cm³/mol. The maximum atomic E-state index is 12.0. The molecule has 4 unspecified atom stereocenters. The first-order valence-corrected chi connectivity index (χ1v) is 6.45. The molecule has 1 N–H and O–H groups in total. The molecule has 4 heteroatoms. The van der Waals surface area contributed by atoms with Crippen molar-refractivity contribution in [3.05, 3.63) is 12.2 Å². The van der Waals surface area contributed by atoms with Gasteiger partial charge >= 0.3 is 11.9 Å². The molecule has 3 aliphatic rings. The lowest BCUT2D eigenvalue weighted by molar-refractivity contribution is -0.146. The molecule has 2 fully saturated rings. The Morgan fingerprint density at radius 3 is 2.67 bits per heavy atom. The maximum absolute atomic E-state index is 12.0. The number of fused-ring (bicyclic) bond motifs is 2. The van der Waals surface area contributed by atoms with Gasteiger partial charge in [0.2, 0.25) is 0 Å². The minimum absolute atomic E-state index is 0.0895. The Balaban J connectivity index is 1.96. The number of allylic oxidation sites excluding steroid dienone is 2. The van der Waals surface area contributed by atoms with Crippen LogP contribution in [0, 0.1) is 28.6 Å². The van der Waals surface area contributed by atoms with Crippen molar-refractivity contribution in [1.82, 2.24) is 0 Å². The third kappa shape index (κ3) is 1.38. The average Bonchev–Trinajstić information content (AvgIpc) is 2.90. The van der Waals surface area contributed by atoms with E-state index in [9.17, 15) is 14.7 Å². The summed E-state index contributed by atoms with van der Waals surface area (Å²) in [5.41, 5.74) is -0.492. The third-order valence-electron chi connectivity index (χ3n) is 4.90. The molecule has 0 aromatic rings. The first kappa shape index (κ1) is 11.8. The van der Waals surface area contributed by atoms with Crippen molar-refractivity contribution < 1.29 is 19.4 Å². The van der Waals surface area contributed by atoms with Gasteiger partial charge in [0.05, 0.1) is 18.4 Å². The van der Waals surface area contributed by atoms with Crippen molar-refractivity contribution in [2.24, 2.45) is 28.6 Å². The number of esters is 1. The summed E-state index contributed by atoms with van der Waals surface area (Å²) in [4.78, 5) is 23.3. The lowest BCUT2D eigenvalue weighted by atomic mass is 9.64. The van der Waals surface area contributed by atoms with Crippen LogP contribution in [0.2, 0.25) is 0 Å². The number of carbonyl (C=O) groups excluding carboxylic acids is 1. The number of hydrogen-bond acceptors (Lipinski definition) is 3. The Kier molecular flexibility index (Phi) is 2.20. The van der Waals surface area contributed by atoms with Crippen molar-refractivity contribution >= 4 is 11.9 Å². The molecule has 2 aliphatic carbocycles. The number of hydrogen-bond donors (Lipinski definition) is 1. The molecule has 0 aromatic heterocycles. The number of carboxylic acid groups (broad SMARTS) is 1. The van der Waals surface area contributed by atoms with Crippen LogP contribution in [-0.2, 0) is 14.3 Å². The molecule has 0 radical (unpaired) electrons. The van der Waals surface area contributed by atoms with E-state index in [1.54, 1.807) is 0 Å². The molecule has 1 aliphatic heterocycles. The molecule has 3 rings (SSSR count). The zero-order valence-corrected chi connectivity index (χ0v) is 10.7. The molecule has 0 aromatic carbocycles. The van der Waals surface area contributed by atoms with E-state index < -0.39 is 5.97 Å². The van der Waals surface area contributed by atoms with Crippen LogP contribution in [0.25, 0.3) is 0 Å². The predicted octanol–water partition coefficient (Wildman–Crippen LogP) is 1.85. The Bertz CT molecular complexity index is 451. The first-order chi connectivity index (χ1) is 8.36. The highest BCUT2D eigenvalue weighted by atomic mass is 16.5. The Hall–Kier alpha value is -1.32. The molecule has 1 saturated carbocycles. The SMILES string of the molecule is CC1(C)COC(=O)C1C12C=CC(C1)C(C(=O)O)C2. The number of aliphatic carboxylic acids is 1. The van der Waals surface area contributed by atoms with Crippen molar-refractivity contribution in [2.75, 3.05) is 6.61 Å². The van der Waals surface area contributed by atoms with Crippen LogP contribution >= 0.6 is 0 Å². The summed E-state index contributed by atoms with van der Waals surface area (Å²) in [6.45, 7) is 4.51. The van der Waals surface area contributed by atoms with E-state index in [0.717, 1.165) is 6.42 Å². The molecule has 1 heterocycles. The monoisotopic (exact) mass is 250 g/mol. The number of carboxylic acids is 1. The van der Waals surface area contributed by atoms with Crippen LogP contribution in [0.4, 0.5) is 0 Å². The van der Waals surface area contributed by atoms with Gasteiger partial charge in [0.15, 0.2) is 0 Å². The van der Waals surface area contributed by atoms with Crippen molar-refractivity contribution in [3.8, 4) is 0 Å². The zero-order chi connectivity index (χ0) is 13.1. The molecule has 4 nitrogen and oxygen atoms in total. The van der Waals surface area contributed by atoms with Crippen molar-refractivity contribution in [3.63, 3.8) is 0 Å². The van der Waals surface area contributed by atoms with E-state index in [2.05, 4.69) is 6.08 Å². The lowest BCUT2D eigenvalue weighted by Gasteiger charge is -2.36. The molecular formula is C14H18O4. The van der Waals surface area contributed by atoms with E-state index >= 15 is 0 Å². The quantitative estimate of drug-likeness (QED) is 0.600. The van der Waals surface area contributed by atoms with Crippen LogP contribution in [0.3, 0.4) is 0 Å². The largest absolute Gasteiger partial charge is 0.481 e.